The smallest absolute Gasteiger partial charge is 0.347 e. The van der Waals surface area contributed by atoms with Crippen LogP contribution in [0.25, 0.3) is 0 Å². The highest BCUT2D eigenvalue weighted by molar-refractivity contribution is 9.10. The van der Waals surface area contributed by atoms with Crippen LogP contribution in [0.15, 0.2) is 82.7 Å². The van der Waals surface area contributed by atoms with Gasteiger partial charge >= 0.3 is 5.97 Å². The van der Waals surface area contributed by atoms with Gasteiger partial charge in [0.1, 0.15) is 34.5 Å². The van der Waals surface area contributed by atoms with E-state index in [2.05, 4.69) is 22.0 Å². The summed E-state index contributed by atoms with van der Waals surface area (Å²) in [4.78, 5) is 12.8. The quantitative estimate of drug-likeness (QED) is 0.343. The van der Waals surface area contributed by atoms with Crippen LogP contribution >= 0.6 is 15.9 Å². The molecule has 0 saturated carbocycles. The van der Waals surface area contributed by atoms with Crippen molar-refractivity contribution in [3.05, 3.63) is 99.3 Å². The van der Waals surface area contributed by atoms with Crippen LogP contribution in [0.1, 0.15) is 40.7 Å². The highest BCUT2D eigenvalue weighted by atomic mass is 79.9. The van der Waals surface area contributed by atoms with Gasteiger partial charge in [0.05, 0.1) is 12.5 Å². The number of esters is 1. The van der Waals surface area contributed by atoms with Gasteiger partial charge < -0.3 is 19.9 Å². The Hall–Kier alpha value is -3.76. The van der Waals surface area contributed by atoms with Gasteiger partial charge in [-0.1, -0.05) is 59.3 Å². The summed E-state index contributed by atoms with van der Waals surface area (Å²) in [6, 6.07) is 21.8. The first-order chi connectivity index (χ1) is 16.0. The first-order valence-electron chi connectivity index (χ1n) is 10.4. The fraction of sp³-hybridized carbons (Fsp3) is 0.154. The highest BCUT2D eigenvalue weighted by Crippen LogP contribution is 2.45. The first-order valence-corrected chi connectivity index (χ1v) is 11.2. The zero-order chi connectivity index (χ0) is 23.4. The van der Waals surface area contributed by atoms with Crippen molar-refractivity contribution in [3.8, 4) is 23.3 Å². The summed E-state index contributed by atoms with van der Waals surface area (Å²) in [7, 11) is 0. The Labute approximate surface area is 200 Å². The van der Waals surface area contributed by atoms with Crippen molar-refractivity contribution >= 4 is 21.9 Å². The number of ether oxygens (including phenoxy) is 3. The lowest BCUT2D eigenvalue weighted by Crippen LogP contribution is -2.21. The minimum Gasteiger partial charge on any atom is -0.493 e. The molecule has 1 aliphatic heterocycles. The molecule has 7 heteroatoms. The van der Waals surface area contributed by atoms with Crippen molar-refractivity contribution in [2.75, 3.05) is 6.61 Å². The maximum absolute atomic E-state index is 12.8. The summed E-state index contributed by atoms with van der Waals surface area (Å²) in [5.74, 6) is 0.255. The Morgan fingerprint density at radius 3 is 2.64 bits per heavy atom. The average Bonchev–Trinajstić information content (AvgIpc) is 2.82. The standard InChI is InChI=1S/C26H21BrN2O4/c1-2-13-31-22-10-6-4-8-19(22)26(30)32-16-11-12-18-23(14-16)33-25(29)20(15-28)24(18)17-7-3-5-9-21(17)27/h3-12,14,24H,2,13,29H2,1H3. The summed E-state index contributed by atoms with van der Waals surface area (Å²) >= 11 is 3.56. The van der Waals surface area contributed by atoms with E-state index in [9.17, 15) is 10.1 Å². The number of rotatable bonds is 6. The van der Waals surface area contributed by atoms with E-state index in [0.29, 0.717) is 35.0 Å². The van der Waals surface area contributed by atoms with Gasteiger partial charge in [0, 0.05) is 16.1 Å². The number of allylic oxidation sites excluding steroid dienone is 1. The lowest BCUT2D eigenvalue weighted by Gasteiger charge is -2.27. The van der Waals surface area contributed by atoms with Crippen molar-refractivity contribution in [3.63, 3.8) is 0 Å². The highest BCUT2D eigenvalue weighted by Gasteiger charge is 2.32. The molecule has 4 rings (SSSR count). The van der Waals surface area contributed by atoms with Gasteiger partial charge in [0.25, 0.3) is 0 Å². The van der Waals surface area contributed by atoms with Gasteiger partial charge in [-0.3, -0.25) is 0 Å². The Balaban J connectivity index is 1.67. The van der Waals surface area contributed by atoms with Crippen LogP contribution in [0.2, 0.25) is 0 Å². The summed E-state index contributed by atoms with van der Waals surface area (Å²) in [5.41, 5.74) is 8.37. The fourth-order valence-electron chi connectivity index (χ4n) is 3.66. The molecule has 1 aliphatic rings. The summed E-state index contributed by atoms with van der Waals surface area (Å²) in [5, 5.41) is 9.73. The molecule has 0 spiro atoms. The number of carbonyl (C=O) groups excluding carboxylic acids is 1. The zero-order valence-corrected chi connectivity index (χ0v) is 19.5. The van der Waals surface area contributed by atoms with Gasteiger partial charge in [-0.15, -0.1) is 0 Å². The van der Waals surface area contributed by atoms with E-state index in [1.165, 1.54) is 0 Å². The molecule has 1 unspecified atom stereocenters. The van der Waals surface area contributed by atoms with Gasteiger partial charge in [0.15, 0.2) is 0 Å². The third kappa shape index (κ3) is 4.57. The molecule has 0 radical (unpaired) electrons. The first kappa shape index (κ1) is 22.4. The van der Waals surface area contributed by atoms with Crippen LogP contribution in [-0.2, 0) is 0 Å². The van der Waals surface area contributed by atoms with E-state index in [4.69, 9.17) is 19.9 Å². The van der Waals surface area contributed by atoms with E-state index in [1.54, 1.807) is 42.5 Å². The van der Waals surface area contributed by atoms with E-state index in [0.717, 1.165) is 22.0 Å². The second-order valence-corrected chi connectivity index (χ2v) is 8.23. The van der Waals surface area contributed by atoms with Crippen LogP contribution in [0.5, 0.6) is 17.2 Å². The Morgan fingerprint density at radius 2 is 1.88 bits per heavy atom. The second-order valence-electron chi connectivity index (χ2n) is 7.38. The minimum absolute atomic E-state index is 0.0209. The van der Waals surface area contributed by atoms with Gasteiger partial charge in [-0.25, -0.2) is 4.79 Å². The zero-order valence-electron chi connectivity index (χ0n) is 17.9. The van der Waals surface area contributed by atoms with Crippen LogP contribution in [0.3, 0.4) is 0 Å². The van der Waals surface area contributed by atoms with Crippen molar-refractivity contribution in [2.45, 2.75) is 19.3 Å². The fourth-order valence-corrected chi connectivity index (χ4v) is 4.18. The largest absolute Gasteiger partial charge is 0.493 e. The summed E-state index contributed by atoms with van der Waals surface area (Å²) in [6.07, 6.45) is 0.823. The topological polar surface area (TPSA) is 94.6 Å². The third-order valence-electron chi connectivity index (χ3n) is 5.19. The molecule has 0 amide bonds. The average molecular weight is 505 g/mol. The lowest BCUT2D eigenvalue weighted by molar-refractivity contribution is 0.0730. The van der Waals surface area contributed by atoms with E-state index in [1.807, 2.05) is 31.2 Å². The Kier molecular flexibility index (Phi) is 6.66. The molecule has 0 bridgehead atoms. The van der Waals surface area contributed by atoms with E-state index < -0.39 is 11.9 Å². The van der Waals surface area contributed by atoms with E-state index in [-0.39, 0.29) is 5.88 Å². The Morgan fingerprint density at radius 1 is 1.12 bits per heavy atom. The predicted molar refractivity (Wildman–Crippen MR) is 127 cm³/mol. The molecule has 0 aromatic heterocycles. The molecule has 0 saturated heterocycles. The SMILES string of the molecule is CCCOc1ccccc1C(=O)Oc1ccc2c(c1)OC(N)=C(C#N)C2c1ccccc1Br. The van der Waals surface area contributed by atoms with Crippen molar-refractivity contribution < 1.29 is 19.0 Å². The molecule has 1 atom stereocenters. The number of nitrogens with zero attached hydrogens (tertiary/aromatic N) is 1. The van der Waals surface area contributed by atoms with Gasteiger partial charge in [-0.05, 0) is 36.2 Å². The molecule has 2 N–H and O–H groups in total. The van der Waals surface area contributed by atoms with Crippen LogP contribution < -0.4 is 19.9 Å². The van der Waals surface area contributed by atoms with Gasteiger partial charge in [-0.2, -0.15) is 5.26 Å². The number of hydrogen-bond acceptors (Lipinski definition) is 6. The number of nitrogens with two attached hydrogens (primary N) is 1. The maximum Gasteiger partial charge on any atom is 0.347 e. The van der Waals surface area contributed by atoms with E-state index >= 15 is 0 Å². The van der Waals surface area contributed by atoms with Gasteiger partial charge in [0.2, 0.25) is 5.88 Å². The number of fused-ring (bicyclic) bond motifs is 1. The number of carbonyl (C=O) groups is 1. The number of para-hydroxylation sites is 1. The summed E-state index contributed by atoms with van der Waals surface area (Å²) < 4.78 is 17.9. The number of halogens is 1. The molecule has 166 valence electrons. The molecule has 3 aromatic carbocycles. The predicted octanol–water partition coefficient (Wildman–Crippen LogP) is 5.68. The molecule has 33 heavy (non-hydrogen) atoms. The number of nitriles is 1. The number of benzene rings is 3. The molecule has 3 aromatic rings. The lowest BCUT2D eigenvalue weighted by atomic mass is 9.83. The van der Waals surface area contributed by atoms with Crippen molar-refractivity contribution in [2.24, 2.45) is 5.73 Å². The van der Waals surface area contributed by atoms with Crippen molar-refractivity contribution in [1.82, 2.24) is 0 Å². The van der Waals surface area contributed by atoms with Crippen LogP contribution in [-0.4, -0.2) is 12.6 Å². The van der Waals surface area contributed by atoms with Crippen molar-refractivity contribution in [1.29, 1.82) is 5.26 Å². The molecular formula is C26H21BrN2O4. The molecule has 6 nitrogen and oxygen atoms in total. The molecule has 1 heterocycles. The number of hydrogen-bond donors (Lipinski definition) is 1. The van der Waals surface area contributed by atoms with Crippen LogP contribution in [0.4, 0.5) is 0 Å². The van der Waals surface area contributed by atoms with Crippen LogP contribution in [0, 0.1) is 11.3 Å². The Bertz CT molecular complexity index is 1280. The minimum atomic E-state index is -0.541. The summed E-state index contributed by atoms with van der Waals surface area (Å²) in [6.45, 7) is 2.49. The third-order valence-corrected chi connectivity index (χ3v) is 5.91. The molecule has 0 fully saturated rings. The molecule has 0 aliphatic carbocycles. The molecular weight excluding hydrogens is 484 g/mol. The monoisotopic (exact) mass is 504 g/mol. The maximum atomic E-state index is 12.8. The normalized spacial score (nSPS) is 14.6. The second kappa shape index (κ2) is 9.80.